The summed E-state index contributed by atoms with van der Waals surface area (Å²) in [4.78, 5) is 8.45. The molecule has 2 aromatic carbocycles. The molecule has 4 rings (SSSR count). The highest BCUT2D eigenvalue weighted by molar-refractivity contribution is 6.07. The van der Waals surface area contributed by atoms with Gasteiger partial charge in [-0.15, -0.1) is 0 Å². The van der Waals surface area contributed by atoms with Crippen molar-refractivity contribution in [3.63, 3.8) is 0 Å². The van der Waals surface area contributed by atoms with Crippen LogP contribution >= 0.6 is 0 Å². The maximum Gasteiger partial charge on any atom is 0.224 e. The number of aromatic amines is 1. The number of H-pyrrole nitrogens is 1. The molecule has 0 atom stereocenters. The van der Waals surface area contributed by atoms with E-state index in [0.717, 1.165) is 18.4 Å². The Morgan fingerprint density at radius 2 is 1.86 bits per heavy atom. The molecule has 0 spiro atoms. The number of nitrogens with zero attached hydrogens (tertiary/aromatic N) is 3. The minimum Gasteiger partial charge on any atom is -0.447 e. The highest BCUT2D eigenvalue weighted by atomic mass is 19.2. The lowest BCUT2D eigenvalue weighted by Crippen LogP contribution is -2.07. The minimum absolute atomic E-state index is 0.0652. The molecule has 1 N–H and O–H groups in total. The van der Waals surface area contributed by atoms with Gasteiger partial charge in [0.15, 0.2) is 11.6 Å². The van der Waals surface area contributed by atoms with Crippen molar-refractivity contribution in [2.45, 2.75) is 0 Å². The first-order valence-corrected chi connectivity index (χ1v) is 8.21. The molecule has 28 heavy (non-hydrogen) atoms. The highest BCUT2D eigenvalue weighted by Crippen LogP contribution is 2.29. The number of fused-ring (bicyclic) bond motifs is 2. The summed E-state index contributed by atoms with van der Waals surface area (Å²) in [6, 6.07) is 8.12. The van der Waals surface area contributed by atoms with Gasteiger partial charge in [0, 0.05) is 23.9 Å². The first kappa shape index (κ1) is 17.7. The third-order valence-electron chi connectivity index (χ3n) is 4.28. The zero-order chi connectivity index (χ0) is 19.8. The van der Waals surface area contributed by atoms with E-state index in [0.29, 0.717) is 33.2 Å². The Morgan fingerprint density at radius 3 is 2.61 bits per heavy atom. The largest absolute Gasteiger partial charge is 0.447 e. The van der Waals surface area contributed by atoms with Gasteiger partial charge in [0.05, 0.1) is 28.6 Å². The fraction of sp³-hybridized carbons (Fsp3) is 0.0500. The van der Waals surface area contributed by atoms with Gasteiger partial charge >= 0.3 is 0 Å². The smallest absolute Gasteiger partial charge is 0.224 e. The van der Waals surface area contributed by atoms with Gasteiger partial charge in [0.25, 0.3) is 0 Å². The second-order valence-corrected chi connectivity index (χ2v) is 5.88. The van der Waals surface area contributed by atoms with Crippen LogP contribution in [0.25, 0.3) is 33.2 Å². The fourth-order valence-electron chi connectivity index (χ4n) is 3.04. The Hall–Kier alpha value is -3.68. The second-order valence-electron chi connectivity index (χ2n) is 5.88. The fourth-order valence-corrected chi connectivity index (χ4v) is 3.04. The number of halogens is 3. The van der Waals surface area contributed by atoms with E-state index in [2.05, 4.69) is 26.8 Å². The quantitative estimate of drug-likeness (QED) is 0.316. The summed E-state index contributed by atoms with van der Waals surface area (Å²) >= 11 is 0. The third-order valence-corrected chi connectivity index (χ3v) is 4.28. The maximum absolute atomic E-state index is 14.4. The molecule has 0 aliphatic heterocycles. The van der Waals surface area contributed by atoms with E-state index in [4.69, 9.17) is 4.74 Å². The molecule has 0 aliphatic rings. The zero-order valence-corrected chi connectivity index (χ0v) is 14.6. The van der Waals surface area contributed by atoms with E-state index < -0.39 is 17.5 Å². The van der Waals surface area contributed by atoms with Crippen molar-refractivity contribution in [3.8, 4) is 11.4 Å². The van der Waals surface area contributed by atoms with Gasteiger partial charge in [-0.1, -0.05) is 6.58 Å². The van der Waals surface area contributed by atoms with Gasteiger partial charge in [-0.3, -0.25) is 10.1 Å². The summed E-state index contributed by atoms with van der Waals surface area (Å²) < 4.78 is 46.7. The first-order valence-electron chi connectivity index (χ1n) is 8.21. The van der Waals surface area contributed by atoms with Crippen molar-refractivity contribution in [1.82, 2.24) is 15.2 Å². The predicted molar refractivity (Wildman–Crippen MR) is 100 cm³/mol. The van der Waals surface area contributed by atoms with Gasteiger partial charge in [-0.2, -0.15) is 5.10 Å². The third kappa shape index (κ3) is 2.79. The van der Waals surface area contributed by atoms with Crippen LogP contribution in [0.4, 0.5) is 13.2 Å². The molecule has 2 aromatic heterocycles. The number of hydrogen-bond donors (Lipinski definition) is 1. The summed E-state index contributed by atoms with van der Waals surface area (Å²) in [5.41, 5.74) is 1.73. The van der Waals surface area contributed by atoms with Crippen LogP contribution in [0.3, 0.4) is 0 Å². The summed E-state index contributed by atoms with van der Waals surface area (Å²) in [6.45, 7) is 3.46. The van der Waals surface area contributed by atoms with Gasteiger partial charge in [-0.05, 0) is 30.3 Å². The molecule has 0 amide bonds. The summed E-state index contributed by atoms with van der Waals surface area (Å²) in [5.74, 6) is -2.41. The Morgan fingerprint density at radius 1 is 1.07 bits per heavy atom. The highest BCUT2D eigenvalue weighted by Gasteiger charge is 2.18. The molecule has 0 aliphatic carbocycles. The number of aromatic nitrogens is 3. The van der Waals surface area contributed by atoms with E-state index in [1.165, 1.54) is 19.2 Å². The molecule has 0 bridgehead atoms. The number of benzene rings is 2. The molecular weight excluding hydrogens is 369 g/mol. The standard InChI is InChI=1S/C20H13F3N4O/c1-3-28-20(24-2)18-10-4-6-16(25-15(10)7-5-12(18)21)19-11-8-13(22)14(23)9-17(11)26-27-19/h3-9H,1H2,2H3,(H,26,27)/b24-20-. The number of hydrogen-bond acceptors (Lipinski definition) is 4. The Kier molecular flexibility index (Phi) is 4.31. The Labute approximate surface area is 157 Å². The van der Waals surface area contributed by atoms with Crippen molar-refractivity contribution in [2.24, 2.45) is 4.99 Å². The molecule has 0 saturated heterocycles. The van der Waals surface area contributed by atoms with Crippen LogP contribution in [-0.4, -0.2) is 28.1 Å². The zero-order valence-electron chi connectivity index (χ0n) is 14.6. The van der Waals surface area contributed by atoms with E-state index in [9.17, 15) is 13.2 Å². The van der Waals surface area contributed by atoms with Crippen molar-refractivity contribution < 1.29 is 17.9 Å². The van der Waals surface area contributed by atoms with Crippen LogP contribution in [0.15, 0.2) is 54.2 Å². The second kappa shape index (κ2) is 6.80. The monoisotopic (exact) mass is 382 g/mol. The predicted octanol–water partition coefficient (Wildman–Crippen LogP) is 4.73. The lowest BCUT2D eigenvalue weighted by molar-refractivity contribution is 0.471. The molecule has 4 aromatic rings. The lowest BCUT2D eigenvalue weighted by Gasteiger charge is -2.10. The minimum atomic E-state index is -0.981. The average Bonchev–Trinajstić information content (AvgIpc) is 3.09. The van der Waals surface area contributed by atoms with Crippen molar-refractivity contribution in [1.29, 1.82) is 0 Å². The SMILES string of the molecule is C=CO/C(=N\C)c1c(F)ccc2nc(-c3n[nH]c4cc(F)c(F)cc34)ccc12. The molecule has 0 saturated carbocycles. The van der Waals surface area contributed by atoms with Crippen molar-refractivity contribution in [2.75, 3.05) is 7.05 Å². The van der Waals surface area contributed by atoms with Crippen LogP contribution in [0.5, 0.6) is 0 Å². The van der Waals surface area contributed by atoms with Crippen LogP contribution < -0.4 is 0 Å². The number of nitrogens with one attached hydrogen (secondary N) is 1. The molecule has 0 fully saturated rings. The Bertz CT molecular complexity index is 1260. The van der Waals surface area contributed by atoms with Gasteiger partial charge < -0.3 is 4.74 Å². The van der Waals surface area contributed by atoms with Crippen LogP contribution in [-0.2, 0) is 4.74 Å². The van der Waals surface area contributed by atoms with E-state index >= 15 is 0 Å². The van der Waals surface area contributed by atoms with Crippen LogP contribution in [0.2, 0.25) is 0 Å². The number of rotatable bonds is 3. The van der Waals surface area contributed by atoms with E-state index in [1.54, 1.807) is 12.1 Å². The molecule has 0 unspecified atom stereocenters. The van der Waals surface area contributed by atoms with E-state index in [1.807, 2.05) is 0 Å². The van der Waals surface area contributed by atoms with Crippen LogP contribution in [0, 0.1) is 17.5 Å². The van der Waals surface area contributed by atoms with Crippen LogP contribution in [0.1, 0.15) is 5.56 Å². The van der Waals surface area contributed by atoms with E-state index in [-0.39, 0.29) is 11.5 Å². The van der Waals surface area contributed by atoms with Gasteiger partial charge in [-0.25, -0.2) is 18.2 Å². The van der Waals surface area contributed by atoms with Gasteiger partial charge in [0.1, 0.15) is 11.5 Å². The summed E-state index contributed by atoms with van der Waals surface area (Å²) in [5, 5.41) is 7.64. The maximum atomic E-state index is 14.4. The first-order chi connectivity index (χ1) is 13.5. The number of aliphatic imine (C=N–C) groups is 1. The average molecular weight is 382 g/mol. The molecule has 140 valence electrons. The molecule has 0 radical (unpaired) electrons. The lowest BCUT2D eigenvalue weighted by atomic mass is 10.1. The molecular formula is C20H13F3N4O. The molecule has 8 heteroatoms. The van der Waals surface area contributed by atoms with Gasteiger partial charge in [0.2, 0.25) is 5.90 Å². The normalized spacial score (nSPS) is 11.9. The Balaban J connectivity index is 1.91. The number of pyridine rings is 1. The van der Waals surface area contributed by atoms with Crippen molar-refractivity contribution in [3.05, 3.63) is 72.3 Å². The number of ether oxygens (including phenoxy) is 1. The molecule has 2 heterocycles. The summed E-state index contributed by atoms with van der Waals surface area (Å²) in [6.07, 6.45) is 1.16. The topological polar surface area (TPSA) is 63.2 Å². The van der Waals surface area contributed by atoms with Crippen molar-refractivity contribution >= 4 is 27.7 Å². The molecule has 5 nitrogen and oxygen atoms in total. The summed E-state index contributed by atoms with van der Waals surface area (Å²) in [7, 11) is 1.47.